The first kappa shape index (κ1) is 20.4. The Hall–Kier alpha value is -3.38. The number of hydrogen-bond acceptors (Lipinski definition) is 2. The Morgan fingerprint density at radius 2 is 1.45 bits per heavy atom. The fourth-order valence-corrected chi connectivity index (χ4v) is 2.95. The van der Waals surface area contributed by atoms with E-state index in [0.717, 1.165) is 36.1 Å². The Morgan fingerprint density at radius 1 is 0.897 bits per heavy atom. The molecule has 29 heavy (non-hydrogen) atoms. The number of aryl methyl sites for hydroxylation is 1. The van der Waals surface area contributed by atoms with Crippen LogP contribution in [0, 0.1) is 23.5 Å². The average molecular weight is 401 g/mol. The maximum absolute atomic E-state index is 14.3. The van der Waals surface area contributed by atoms with Crippen LogP contribution in [0.15, 0.2) is 78.3 Å². The highest BCUT2D eigenvalue weighted by Gasteiger charge is 2.13. The monoisotopic (exact) mass is 401 g/mol. The number of rotatable bonds is 5. The summed E-state index contributed by atoms with van der Waals surface area (Å²) in [5.41, 5.74) is 3.32. The maximum atomic E-state index is 14.3. The Morgan fingerprint density at radius 3 is 1.97 bits per heavy atom. The first-order valence-corrected chi connectivity index (χ1v) is 9.41. The number of hydrogen-bond donors (Lipinski definition) is 0. The summed E-state index contributed by atoms with van der Waals surface area (Å²) in [6.07, 6.45) is 3.81. The minimum Gasteiger partial charge on any atom is -0.206 e. The van der Waals surface area contributed by atoms with Crippen LogP contribution >= 0.6 is 12.2 Å². The number of benzene rings is 3. The van der Waals surface area contributed by atoms with Crippen LogP contribution in [-0.2, 0) is 6.42 Å². The van der Waals surface area contributed by atoms with Crippen molar-refractivity contribution in [2.75, 3.05) is 0 Å². The van der Waals surface area contributed by atoms with Crippen LogP contribution in [0.25, 0.3) is 11.1 Å². The lowest BCUT2D eigenvalue weighted by molar-refractivity contribution is 0.590. The van der Waals surface area contributed by atoms with Crippen LogP contribution in [0.1, 0.15) is 23.1 Å². The predicted molar refractivity (Wildman–Crippen MR) is 117 cm³/mol. The zero-order valence-electron chi connectivity index (χ0n) is 15.6. The summed E-state index contributed by atoms with van der Waals surface area (Å²) in [5, 5.41) is 2.10. The van der Waals surface area contributed by atoms with Crippen molar-refractivity contribution in [3.8, 4) is 23.0 Å². The molecule has 0 spiro atoms. The average Bonchev–Trinajstić information content (AvgIpc) is 2.72. The van der Waals surface area contributed by atoms with E-state index in [-0.39, 0.29) is 11.3 Å². The summed E-state index contributed by atoms with van der Waals surface area (Å²) in [4.78, 5) is 3.61. The SMILES string of the molecule is C=CCCc1ccc(C#Cc2ccc(-c3c(F)cc(N=C=S)cc3F)cc2)cc1. The zero-order valence-corrected chi connectivity index (χ0v) is 16.4. The van der Waals surface area contributed by atoms with Crippen LogP contribution in [0.5, 0.6) is 0 Å². The lowest BCUT2D eigenvalue weighted by Gasteiger charge is -2.06. The molecule has 3 rings (SSSR count). The molecule has 0 saturated heterocycles. The van der Waals surface area contributed by atoms with Gasteiger partial charge < -0.3 is 0 Å². The van der Waals surface area contributed by atoms with Gasteiger partial charge in [-0.2, -0.15) is 4.99 Å². The van der Waals surface area contributed by atoms with E-state index in [1.165, 1.54) is 5.56 Å². The summed E-state index contributed by atoms with van der Waals surface area (Å²) < 4.78 is 28.6. The molecular formula is C25H17F2NS. The molecule has 0 aliphatic rings. The highest BCUT2D eigenvalue weighted by molar-refractivity contribution is 7.78. The van der Waals surface area contributed by atoms with Gasteiger partial charge in [-0.1, -0.05) is 42.2 Å². The molecule has 0 atom stereocenters. The second-order valence-electron chi connectivity index (χ2n) is 6.34. The largest absolute Gasteiger partial charge is 0.206 e. The first-order valence-electron chi connectivity index (χ1n) is 9.00. The van der Waals surface area contributed by atoms with Crippen LogP contribution < -0.4 is 0 Å². The number of allylic oxidation sites excluding steroid dienone is 1. The maximum Gasteiger partial charge on any atom is 0.136 e. The van der Waals surface area contributed by atoms with Gasteiger partial charge in [0.25, 0.3) is 0 Å². The molecule has 0 unspecified atom stereocenters. The minimum atomic E-state index is -0.704. The normalized spacial score (nSPS) is 9.86. The smallest absolute Gasteiger partial charge is 0.136 e. The van der Waals surface area contributed by atoms with Crippen molar-refractivity contribution in [1.29, 1.82) is 0 Å². The summed E-state index contributed by atoms with van der Waals surface area (Å²) >= 11 is 4.47. The fraction of sp³-hybridized carbons (Fsp3) is 0.0800. The molecule has 0 fully saturated rings. The van der Waals surface area contributed by atoms with Gasteiger partial charge in [-0.15, -0.1) is 6.58 Å². The van der Waals surface area contributed by atoms with Gasteiger partial charge in [0, 0.05) is 23.3 Å². The molecule has 0 bridgehead atoms. The molecule has 0 radical (unpaired) electrons. The zero-order chi connectivity index (χ0) is 20.6. The fourth-order valence-electron chi connectivity index (χ4n) is 2.84. The summed E-state index contributed by atoms with van der Waals surface area (Å²) in [7, 11) is 0. The Kier molecular flexibility index (Phi) is 6.81. The Labute approximate surface area is 174 Å². The van der Waals surface area contributed by atoms with Crippen molar-refractivity contribution in [2.45, 2.75) is 12.8 Å². The van der Waals surface area contributed by atoms with E-state index < -0.39 is 11.6 Å². The van der Waals surface area contributed by atoms with Crippen LogP contribution in [0.4, 0.5) is 14.5 Å². The molecule has 0 aliphatic carbocycles. The van der Waals surface area contributed by atoms with Crippen molar-refractivity contribution in [3.63, 3.8) is 0 Å². The van der Waals surface area contributed by atoms with Gasteiger partial charge in [0.1, 0.15) is 11.6 Å². The minimum absolute atomic E-state index is 0.0942. The van der Waals surface area contributed by atoms with Crippen LogP contribution in [0.2, 0.25) is 0 Å². The number of nitrogens with zero attached hydrogens (tertiary/aromatic N) is 1. The second kappa shape index (κ2) is 9.71. The van der Waals surface area contributed by atoms with E-state index in [2.05, 4.69) is 52.9 Å². The highest BCUT2D eigenvalue weighted by Crippen LogP contribution is 2.30. The molecule has 0 aliphatic heterocycles. The van der Waals surface area contributed by atoms with E-state index in [9.17, 15) is 8.78 Å². The number of thiocarbonyl (C=S) groups is 1. The molecule has 3 aromatic carbocycles. The third kappa shape index (κ3) is 5.33. The molecule has 3 aromatic rings. The van der Waals surface area contributed by atoms with E-state index in [0.29, 0.717) is 5.56 Å². The van der Waals surface area contributed by atoms with Gasteiger partial charge >= 0.3 is 0 Å². The van der Waals surface area contributed by atoms with E-state index in [1.807, 2.05) is 18.2 Å². The number of isothiocyanates is 1. The standard InChI is InChI=1S/C25H17F2NS/c1-2-3-4-18-5-7-19(8-6-18)9-10-20-11-13-21(14-12-20)25-23(26)15-22(28-17-29)16-24(25)27/h2,5-8,11-16H,1,3-4H2. The molecule has 1 nitrogen and oxygen atoms in total. The molecule has 0 aromatic heterocycles. The van der Waals surface area contributed by atoms with Crippen molar-refractivity contribution >= 4 is 23.1 Å². The van der Waals surface area contributed by atoms with Crippen molar-refractivity contribution in [3.05, 3.63) is 102 Å². The van der Waals surface area contributed by atoms with E-state index in [4.69, 9.17) is 0 Å². The van der Waals surface area contributed by atoms with E-state index in [1.54, 1.807) is 24.3 Å². The van der Waals surface area contributed by atoms with Gasteiger partial charge in [-0.3, -0.25) is 0 Å². The molecule has 0 N–H and O–H groups in total. The molecule has 0 saturated carbocycles. The Balaban J connectivity index is 1.79. The van der Waals surface area contributed by atoms with Crippen molar-refractivity contribution < 1.29 is 8.78 Å². The van der Waals surface area contributed by atoms with Gasteiger partial charge in [0.15, 0.2) is 0 Å². The Bertz CT molecular complexity index is 1110. The van der Waals surface area contributed by atoms with E-state index >= 15 is 0 Å². The third-order valence-electron chi connectivity index (χ3n) is 4.32. The molecular weight excluding hydrogens is 384 g/mol. The van der Waals surface area contributed by atoms with Gasteiger partial charge in [-0.05, 0) is 60.5 Å². The van der Waals surface area contributed by atoms with Gasteiger partial charge in [-0.25, -0.2) is 8.78 Å². The van der Waals surface area contributed by atoms with Gasteiger partial charge in [0.2, 0.25) is 0 Å². The molecule has 142 valence electrons. The lowest BCUT2D eigenvalue weighted by atomic mass is 10.0. The number of halogens is 2. The summed E-state index contributed by atoms with van der Waals surface area (Å²) in [6, 6.07) is 17.1. The number of aliphatic imine (C=N–C) groups is 1. The van der Waals surface area contributed by atoms with Gasteiger partial charge in [0.05, 0.1) is 16.4 Å². The quantitative estimate of drug-likeness (QED) is 0.196. The van der Waals surface area contributed by atoms with Crippen LogP contribution in [-0.4, -0.2) is 5.16 Å². The summed E-state index contributed by atoms with van der Waals surface area (Å²) in [5.74, 6) is 4.76. The third-order valence-corrected chi connectivity index (χ3v) is 4.41. The van der Waals surface area contributed by atoms with Crippen molar-refractivity contribution in [1.82, 2.24) is 0 Å². The molecule has 4 heteroatoms. The molecule has 0 amide bonds. The second-order valence-corrected chi connectivity index (χ2v) is 6.52. The lowest BCUT2D eigenvalue weighted by Crippen LogP contribution is -1.90. The first-order chi connectivity index (χ1) is 14.1. The highest BCUT2D eigenvalue weighted by atomic mass is 32.1. The summed E-state index contributed by atoms with van der Waals surface area (Å²) in [6.45, 7) is 3.73. The van der Waals surface area contributed by atoms with Crippen LogP contribution in [0.3, 0.4) is 0 Å². The van der Waals surface area contributed by atoms with Crippen molar-refractivity contribution in [2.24, 2.45) is 4.99 Å². The molecule has 0 heterocycles. The topological polar surface area (TPSA) is 12.4 Å². The predicted octanol–water partition coefficient (Wildman–Crippen LogP) is 6.88.